The molecule has 2 aromatic carbocycles. The van der Waals surface area contributed by atoms with E-state index in [-0.39, 0.29) is 46.5 Å². The van der Waals surface area contributed by atoms with Crippen molar-refractivity contribution >= 4 is 41.2 Å². The third-order valence-electron chi connectivity index (χ3n) is 3.64. The van der Waals surface area contributed by atoms with Crippen LogP contribution in [0.2, 0.25) is 0 Å². The van der Waals surface area contributed by atoms with Crippen LogP contribution in [0.5, 0.6) is 0 Å². The molecular formula is C22H30Cl2OTi. The monoisotopic (exact) mass is 428 g/mol. The molecule has 1 aliphatic rings. The SMILES string of the molecule is CC1=CCC(c2[c-]c3ccccc3cc2)=C1C.CO.C[C-](C)C.Cl.Cl.[Ti+2]. The molecule has 26 heavy (non-hydrogen) atoms. The molecule has 0 spiro atoms. The molecule has 0 saturated carbocycles. The third-order valence-corrected chi connectivity index (χ3v) is 3.64. The van der Waals surface area contributed by atoms with Crippen LogP contribution in [0.15, 0.2) is 53.6 Å². The fourth-order valence-corrected chi connectivity index (χ4v) is 2.40. The summed E-state index contributed by atoms with van der Waals surface area (Å²) in [5, 5.41) is 9.46. The van der Waals surface area contributed by atoms with Gasteiger partial charge in [0.05, 0.1) is 0 Å². The summed E-state index contributed by atoms with van der Waals surface area (Å²) in [5.41, 5.74) is 5.49. The number of fused-ring (bicyclic) bond motifs is 1. The summed E-state index contributed by atoms with van der Waals surface area (Å²) in [6.45, 7) is 10.6. The van der Waals surface area contributed by atoms with Crippen molar-refractivity contribution in [2.75, 3.05) is 7.11 Å². The summed E-state index contributed by atoms with van der Waals surface area (Å²) in [6, 6.07) is 16.3. The van der Waals surface area contributed by atoms with E-state index in [4.69, 9.17) is 5.11 Å². The maximum absolute atomic E-state index is 7.00. The van der Waals surface area contributed by atoms with Gasteiger partial charge < -0.3 is 11.0 Å². The normalized spacial score (nSPS) is 11.8. The van der Waals surface area contributed by atoms with Crippen molar-refractivity contribution in [3.8, 4) is 0 Å². The van der Waals surface area contributed by atoms with Crippen molar-refractivity contribution < 1.29 is 26.8 Å². The molecular weight excluding hydrogens is 399 g/mol. The Morgan fingerprint density at radius 3 is 1.96 bits per heavy atom. The van der Waals surface area contributed by atoms with E-state index in [1.54, 1.807) is 0 Å². The van der Waals surface area contributed by atoms with E-state index < -0.39 is 0 Å². The fourth-order valence-electron chi connectivity index (χ4n) is 2.40. The molecule has 1 N–H and O–H groups in total. The summed E-state index contributed by atoms with van der Waals surface area (Å²) in [5.74, 6) is 1.42. The molecule has 0 radical (unpaired) electrons. The smallest absolute Gasteiger partial charge is 0.400 e. The minimum Gasteiger partial charge on any atom is -0.400 e. The molecule has 0 fully saturated rings. The molecule has 3 rings (SSSR count). The maximum Gasteiger partial charge on any atom is 2.00 e. The number of hydrogen-bond donors (Lipinski definition) is 1. The number of rotatable bonds is 1. The minimum atomic E-state index is 0. The van der Waals surface area contributed by atoms with Crippen LogP contribution in [0, 0.1) is 12.0 Å². The van der Waals surface area contributed by atoms with Gasteiger partial charge in [0.25, 0.3) is 0 Å². The van der Waals surface area contributed by atoms with Crippen molar-refractivity contribution in [1.82, 2.24) is 0 Å². The van der Waals surface area contributed by atoms with Crippen molar-refractivity contribution in [2.45, 2.75) is 41.0 Å². The molecule has 0 atom stereocenters. The Morgan fingerprint density at radius 1 is 0.923 bits per heavy atom. The summed E-state index contributed by atoms with van der Waals surface area (Å²) in [4.78, 5) is 0. The van der Waals surface area contributed by atoms with Gasteiger partial charge in [-0.1, -0.05) is 46.4 Å². The Balaban J connectivity index is -0.000000527. The quantitative estimate of drug-likeness (QED) is 0.389. The fraction of sp³-hybridized carbons (Fsp3) is 0.318. The first-order chi connectivity index (χ1) is 11.0. The van der Waals surface area contributed by atoms with Crippen LogP contribution in [-0.4, -0.2) is 12.2 Å². The van der Waals surface area contributed by atoms with Crippen LogP contribution < -0.4 is 0 Å². The van der Waals surface area contributed by atoms with E-state index >= 15 is 0 Å². The van der Waals surface area contributed by atoms with Gasteiger partial charge in [0.2, 0.25) is 0 Å². The van der Waals surface area contributed by atoms with Gasteiger partial charge in [-0.15, -0.1) is 60.0 Å². The van der Waals surface area contributed by atoms with Crippen molar-refractivity contribution in [1.29, 1.82) is 0 Å². The maximum atomic E-state index is 7.00. The molecule has 0 aromatic heterocycles. The van der Waals surface area contributed by atoms with Crippen LogP contribution in [0.25, 0.3) is 16.3 Å². The molecule has 0 heterocycles. The van der Waals surface area contributed by atoms with Crippen LogP contribution in [0.3, 0.4) is 0 Å². The first kappa shape index (κ1) is 30.2. The zero-order valence-corrected chi connectivity index (χ0v) is 19.7. The predicted octanol–water partition coefficient (Wildman–Crippen LogP) is 6.83. The second-order valence-electron chi connectivity index (χ2n) is 6.15. The van der Waals surface area contributed by atoms with Crippen molar-refractivity contribution in [2.24, 2.45) is 0 Å². The van der Waals surface area contributed by atoms with E-state index in [9.17, 15) is 0 Å². The number of allylic oxidation sites excluding steroid dienone is 4. The summed E-state index contributed by atoms with van der Waals surface area (Å²) < 4.78 is 0. The first-order valence-corrected chi connectivity index (χ1v) is 7.99. The Kier molecular flexibility index (Phi) is 18.0. The molecule has 0 aliphatic heterocycles. The Labute approximate surface area is 186 Å². The molecule has 0 unspecified atom stereocenters. The largest absolute Gasteiger partial charge is 2.00 e. The van der Waals surface area contributed by atoms with Crippen LogP contribution in [0.1, 0.15) is 46.6 Å². The van der Waals surface area contributed by atoms with Crippen LogP contribution in [0.4, 0.5) is 0 Å². The van der Waals surface area contributed by atoms with E-state index in [0.717, 1.165) is 13.5 Å². The number of halogens is 2. The van der Waals surface area contributed by atoms with Crippen LogP contribution >= 0.6 is 24.8 Å². The first-order valence-electron chi connectivity index (χ1n) is 7.99. The standard InChI is InChI=1S/C17H15.C4H9.CH4O.2ClH.Ti/c1-12-7-10-17(13(12)2)16-9-8-14-5-3-4-6-15(14)11-16;1-4(2)3;1-2;;;/h3-9H,10H2,1-2H3;1-3H3;2H,1H3;2*1H;/q2*-1;;;;+2. The second kappa shape index (κ2) is 15.5. The third kappa shape index (κ3) is 8.88. The Morgan fingerprint density at radius 2 is 1.46 bits per heavy atom. The van der Waals surface area contributed by atoms with E-state index in [0.29, 0.717) is 0 Å². The van der Waals surface area contributed by atoms with Gasteiger partial charge in [-0.3, -0.25) is 0 Å². The summed E-state index contributed by atoms with van der Waals surface area (Å²) in [6.07, 6.45) is 3.35. The average Bonchev–Trinajstić information content (AvgIpc) is 2.88. The van der Waals surface area contributed by atoms with Gasteiger partial charge in [0.1, 0.15) is 0 Å². The van der Waals surface area contributed by atoms with E-state index in [1.165, 1.54) is 39.0 Å². The van der Waals surface area contributed by atoms with Gasteiger partial charge >= 0.3 is 21.7 Å². The van der Waals surface area contributed by atoms with Crippen molar-refractivity contribution in [3.63, 3.8) is 0 Å². The van der Waals surface area contributed by atoms with Crippen LogP contribution in [-0.2, 0) is 21.7 Å². The number of benzene rings is 2. The van der Waals surface area contributed by atoms with Gasteiger partial charge in [-0.25, -0.2) is 0 Å². The second-order valence-corrected chi connectivity index (χ2v) is 6.15. The molecule has 4 heteroatoms. The molecule has 142 valence electrons. The summed E-state index contributed by atoms with van der Waals surface area (Å²) >= 11 is 0. The summed E-state index contributed by atoms with van der Waals surface area (Å²) in [7, 11) is 1.00. The molecule has 0 bridgehead atoms. The number of aliphatic hydroxyl groups excluding tert-OH is 1. The zero-order valence-electron chi connectivity index (χ0n) is 16.5. The van der Waals surface area contributed by atoms with Gasteiger partial charge in [0.15, 0.2) is 0 Å². The topological polar surface area (TPSA) is 20.2 Å². The molecule has 1 aliphatic carbocycles. The van der Waals surface area contributed by atoms with Crippen molar-refractivity contribution in [3.05, 3.63) is 71.2 Å². The Bertz CT molecular complexity index is 703. The van der Waals surface area contributed by atoms with Gasteiger partial charge in [-0.2, -0.15) is 20.8 Å². The van der Waals surface area contributed by atoms with E-state index in [1.807, 2.05) is 0 Å². The van der Waals surface area contributed by atoms with Gasteiger partial charge in [0, 0.05) is 7.11 Å². The minimum absolute atomic E-state index is 0. The molecule has 2 aromatic rings. The van der Waals surface area contributed by atoms with E-state index in [2.05, 4.69) is 83.2 Å². The number of hydrogen-bond acceptors (Lipinski definition) is 1. The van der Waals surface area contributed by atoms with Gasteiger partial charge in [-0.05, 0) is 20.3 Å². The predicted molar refractivity (Wildman–Crippen MR) is 117 cm³/mol. The zero-order chi connectivity index (χ0) is 17.4. The molecule has 1 nitrogen and oxygen atoms in total. The average molecular weight is 429 g/mol. The number of aliphatic hydroxyl groups is 1. The molecule has 0 amide bonds. The Hall–Kier alpha value is -0.566. The molecule has 0 saturated heterocycles.